The summed E-state index contributed by atoms with van der Waals surface area (Å²) in [6.45, 7) is 0.254. The molecule has 7 nitrogen and oxygen atoms in total. The van der Waals surface area contributed by atoms with Crippen LogP contribution in [0.2, 0.25) is 0 Å². The molecule has 106 valence electrons. The molecule has 0 bridgehead atoms. The van der Waals surface area contributed by atoms with E-state index in [9.17, 15) is 4.79 Å². The quantitative estimate of drug-likeness (QED) is 0.762. The predicted octanol–water partition coefficient (Wildman–Crippen LogP) is 0.820. The highest BCUT2D eigenvalue weighted by Crippen LogP contribution is 2.13. The van der Waals surface area contributed by atoms with Crippen molar-refractivity contribution >= 4 is 5.91 Å². The van der Waals surface area contributed by atoms with Gasteiger partial charge in [-0.15, -0.1) is 0 Å². The van der Waals surface area contributed by atoms with Gasteiger partial charge in [0, 0.05) is 20.4 Å². The summed E-state index contributed by atoms with van der Waals surface area (Å²) < 4.78 is 9.97. The van der Waals surface area contributed by atoms with Crippen LogP contribution in [0.5, 0.6) is 0 Å². The van der Waals surface area contributed by atoms with Crippen molar-refractivity contribution < 1.29 is 14.3 Å². The van der Waals surface area contributed by atoms with Gasteiger partial charge < -0.3 is 14.8 Å². The van der Waals surface area contributed by atoms with E-state index in [1.165, 1.54) is 14.2 Å². The Morgan fingerprint density at radius 1 is 1.35 bits per heavy atom. The zero-order valence-corrected chi connectivity index (χ0v) is 11.3. The second kappa shape index (κ2) is 6.78. The van der Waals surface area contributed by atoms with Gasteiger partial charge in [-0.2, -0.15) is 5.10 Å². The lowest BCUT2D eigenvalue weighted by atomic mass is 10.2. The third kappa shape index (κ3) is 3.40. The van der Waals surface area contributed by atoms with Crippen molar-refractivity contribution in [3.8, 4) is 11.4 Å². The Labute approximate surface area is 116 Å². The molecule has 2 heterocycles. The average molecular weight is 276 g/mol. The molecule has 0 aliphatic carbocycles. The number of amides is 1. The first-order valence-electron chi connectivity index (χ1n) is 6.05. The molecule has 7 heteroatoms. The number of pyridine rings is 1. The van der Waals surface area contributed by atoms with E-state index in [4.69, 9.17) is 9.47 Å². The summed E-state index contributed by atoms with van der Waals surface area (Å²) in [5.41, 5.74) is 1.68. The maximum Gasteiger partial charge on any atom is 0.269 e. The molecule has 0 spiro atoms. The van der Waals surface area contributed by atoms with Crippen LogP contribution in [0.1, 0.15) is 10.5 Å². The van der Waals surface area contributed by atoms with Crippen LogP contribution in [-0.4, -0.2) is 48.1 Å². The van der Waals surface area contributed by atoms with E-state index in [1.807, 2.05) is 18.2 Å². The molecule has 2 aromatic heterocycles. The van der Waals surface area contributed by atoms with Crippen LogP contribution in [0, 0.1) is 0 Å². The largest absolute Gasteiger partial charge is 0.354 e. The van der Waals surface area contributed by atoms with Gasteiger partial charge >= 0.3 is 0 Å². The second-order valence-electron chi connectivity index (χ2n) is 3.99. The zero-order valence-electron chi connectivity index (χ0n) is 11.3. The van der Waals surface area contributed by atoms with Gasteiger partial charge in [0.1, 0.15) is 11.4 Å². The van der Waals surface area contributed by atoms with Crippen molar-refractivity contribution in [3.05, 3.63) is 36.2 Å². The first-order valence-corrected chi connectivity index (χ1v) is 6.05. The molecular formula is C13H16N4O3. The van der Waals surface area contributed by atoms with E-state index < -0.39 is 6.29 Å². The van der Waals surface area contributed by atoms with Crippen molar-refractivity contribution in [3.63, 3.8) is 0 Å². The maximum atomic E-state index is 11.9. The van der Waals surface area contributed by atoms with Crippen LogP contribution in [0.4, 0.5) is 0 Å². The summed E-state index contributed by atoms with van der Waals surface area (Å²) in [7, 11) is 3.02. The van der Waals surface area contributed by atoms with Gasteiger partial charge in [-0.05, 0) is 18.2 Å². The molecule has 0 atom stereocenters. The monoisotopic (exact) mass is 276 g/mol. The number of nitrogens with one attached hydrogen (secondary N) is 2. The number of carbonyl (C=O) groups excluding carboxylic acids is 1. The number of ether oxygens (including phenoxy) is 2. The molecular weight excluding hydrogens is 260 g/mol. The van der Waals surface area contributed by atoms with Gasteiger partial charge in [0.25, 0.3) is 5.91 Å². The standard InChI is InChI=1S/C13H16N4O3/c1-19-12(20-2)8-15-13(18)11-7-10(16-17-11)9-5-3-4-6-14-9/h3-7,12H,8H2,1-2H3,(H,15,18)(H,16,17). The normalized spacial score (nSPS) is 10.8. The minimum absolute atomic E-state index is 0.254. The third-order valence-electron chi connectivity index (χ3n) is 2.70. The highest BCUT2D eigenvalue weighted by atomic mass is 16.7. The lowest BCUT2D eigenvalue weighted by molar-refractivity contribution is -0.0974. The van der Waals surface area contributed by atoms with E-state index in [2.05, 4.69) is 20.5 Å². The lowest BCUT2D eigenvalue weighted by Gasteiger charge is -2.13. The zero-order chi connectivity index (χ0) is 14.4. The smallest absolute Gasteiger partial charge is 0.269 e. The van der Waals surface area contributed by atoms with Crippen LogP contribution >= 0.6 is 0 Å². The molecule has 2 rings (SSSR count). The van der Waals surface area contributed by atoms with Gasteiger partial charge in [-0.1, -0.05) is 6.07 Å². The van der Waals surface area contributed by atoms with Gasteiger partial charge in [-0.3, -0.25) is 14.9 Å². The van der Waals surface area contributed by atoms with Crippen LogP contribution in [0.3, 0.4) is 0 Å². The minimum atomic E-state index is -0.475. The SMILES string of the molecule is COC(CNC(=O)c1cc(-c2ccccn2)n[nH]1)OC. The van der Waals surface area contributed by atoms with Crippen LogP contribution in [0.15, 0.2) is 30.5 Å². The number of aromatic amines is 1. The van der Waals surface area contributed by atoms with E-state index in [-0.39, 0.29) is 12.5 Å². The van der Waals surface area contributed by atoms with Crippen molar-refractivity contribution in [1.82, 2.24) is 20.5 Å². The van der Waals surface area contributed by atoms with E-state index in [1.54, 1.807) is 12.3 Å². The first-order chi connectivity index (χ1) is 9.74. The second-order valence-corrected chi connectivity index (χ2v) is 3.99. The van der Waals surface area contributed by atoms with Crippen LogP contribution in [-0.2, 0) is 9.47 Å². The number of H-pyrrole nitrogens is 1. The highest BCUT2D eigenvalue weighted by Gasteiger charge is 2.13. The minimum Gasteiger partial charge on any atom is -0.354 e. The van der Waals surface area contributed by atoms with E-state index >= 15 is 0 Å². The van der Waals surface area contributed by atoms with Crippen molar-refractivity contribution in [2.75, 3.05) is 20.8 Å². The van der Waals surface area contributed by atoms with Gasteiger partial charge in [0.2, 0.25) is 0 Å². The molecule has 20 heavy (non-hydrogen) atoms. The summed E-state index contributed by atoms with van der Waals surface area (Å²) in [5.74, 6) is -0.279. The fraction of sp³-hybridized carbons (Fsp3) is 0.308. The topological polar surface area (TPSA) is 89.1 Å². The van der Waals surface area contributed by atoms with Crippen molar-refractivity contribution in [2.45, 2.75) is 6.29 Å². The number of aromatic nitrogens is 3. The Morgan fingerprint density at radius 3 is 2.80 bits per heavy atom. The Bertz CT molecular complexity index is 552. The maximum absolute atomic E-state index is 11.9. The van der Waals surface area contributed by atoms with Crippen LogP contribution in [0.25, 0.3) is 11.4 Å². The lowest BCUT2D eigenvalue weighted by Crippen LogP contribution is -2.34. The summed E-state index contributed by atoms with van der Waals surface area (Å²) in [5, 5.41) is 9.43. The fourth-order valence-electron chi connectivity index (χ4n) is 1.62. The number of rotatable bonds is 6. The number of hydrogen-bond donors (Lipinski definition) is 2. The van der Waals surface area contributed by atoms with Gasteiger partial charge in [-0.25, -0.2) is 0 Å². The molecule has 2 N–H and O–H groups in total. The highest BCUT2D eigenvalue weighted by molar-refractivity contribution is 5.93. The Hall–Kier alpha value is -2.25. The van der Waals surface area contributed by atoms with E-state index in [0.717, 1.165) is 0 Å². The molecule has 0 fully saturated rings. The fourth-order valence-corrected chi connectivity index (χ4v) is 1.62. The van der Waals surface area contributed by atoms with Gasteiger partial charge in [0.15, 0.2) is 6.29 Å². The summed E-state index contributed by atoms with van der Waals surface area (Å²) in [6, 6.07) is 7.15. The molecule has 0 aliphatic rings. The Kier molecular flexibility index (Phi) is 4.80. The average Bonchev–Trinajstić information content (AvgIpc) is 2.99. The third-order valence-corrected chi connectivity index (χ3v) is 2.70. The number of methoxy groups -OCH3 is 2. The summed E-state index contributed by atoms with van der Waals surface area (Å²) in [6.07, 6.45) is 1.20. The van der Waals surface area contributed by atoms with Crippen molar-refractivity contribution in [1.29, 1.82) is 0 Å². The number of carbonyl (C=O) groups is 1. The first kappa shape index (κ1) is 14.2. The molecule has 0 saturated heterocycles. The molecule has 0 saturated carbocycles. The Morgan fingerprint density at radius 2 is 2.15 bits per heavy atom. The van der Waals surface area contributed by atoms with Gasteiger partial charge in [0.05, 0.1) is 12.2 Å². The molecule has 2 aromatic rings. The number of hydrogen-bond acceptors (Lipinski definition) is 5. The predicted molar refractivity (Wildman–Crippen MR) is 72.0 cm³/mol. The van der Waals surface area contributed by atoms with Crippen LogP contribution < -0.4 is 5.32 Å². The number of nitrogens with zero attached hydrogens (tertiary/aromatic N) is 2. The molecule has 0 unspecified atom stereocenters. The molecule has 0 aromatic carbocycles. The summed E-state index contributed by atoms with van der Waals surface area (Å²) >= 11 is 0. The molecule has 0 aliphatic heterocycles. The molecule has 1 amide bonds. The van der Waals surface area contributed by atoms with E-state index in [0.29, 0.717) is 17.1 Å². The molecule has 0 radical (unpaired) electrons. The Balaban J connectivity index is 2.00. The van der Waals surface area contributed by atoms with Crippen molar-refractivity contribution in [2.24, 2.45) is 0 Å². The summed E-state index contributed by atoms with van der Waals surface area (Å²) in [4.78, 5) is 16.1.